The summed E-state index contributed by atoms with van der Waals surface area (Å²) in [6.45, 7) is 8.06. The van der Waals surface area contributed by atoms with E-state index >= 15 is 0 Å². The number of hydrogen-bond acceptors (Lipinski definition) is 8. The largest absolute Gasteiger partial charge is 0.509 e. The summed E-state index contributed by atoms with van der Waals surface area (Å²) in [4.78, 5) is 55.0. The average Bonchev–Trinajstić information content (AvgIpc) is 3.33. The molecular weight excluding hydrogens is 572 g/mol. The number of amides is 1. The molecule has 1 N–H and O–H groups in total. The molecule has 0 saturated heterocycles. The summed E-state index contributed by atoms with van der Waals surface area (Å²) >= 11 is 0. The number of rotatable bonds is 10. The van der Waals surface area contributed by atoms with E-state index in [1.165, 1.54) is 6.21 Å². The summed E-state index contributed by atoms with van der Waals surface area (Å²) in [7, 11) is 0. The fourth-order valence-electron chi connectivity index (χ4n) is 9.06. The zero-order chi connectivity index (χ0) is 32.2. The molecule has 4 aliphatic rings. The second-order valence-corrected chi connectivity index (χ2v) is 13.3. The first kappa shape index (κ1) is 32.6. The number of ketones is 2. The lowest BCUT2D eigenvalue weighted by Crippen LogP contribution is -2.59. The number of oxime groups is 1. The summed E-state index contributed by atoms with van der Waals surface area (Å²) in [5.74, 6) is 0.871. The molecule has 45 heavy (non-hydrogen) atoms. The lowest BCUT2D eigenvalue weighted by Gasteiger charge is -2.58. The second kappa shape index (κ2) is 13.3. The van der Waals surface area contributed by atoms with E-state index in [1.807, 2.05) is 30.3 Å². The van der Waals surface area contributed by atoms with Gasteiger partial charge in [0.1, 0.15) is 0 Å². The van der Waals surface area contributed by atoms with Gasteiger partial charge >= 0.3 is 12.2 Å². The summed E-state index contributed by atoms with van der Waals surface area (Å²) in [6.07, 6.45) is 13.2. The molecule has 5 rings (SSSR count). The Bertz CT molecular complexity index is 1400. The van der Waals surface area contributed by atoms with Gasteiger partial charge in [0, 0.05) is 18.4 Å². The van der Waals surface area contributed by atoms with Crippen molar-refractivity contribution in [3.8, 4) is 0 Å². The molecule has 0 spiro atoms. The normalized spacial score (nSPS) is 31.8. The van der Waals surface area contributed by atoms with E-state index in [4.69, 9.17) is 14.3 Å². The fraction of sp³-hybridized carbons (Fsp3) is 0.583. The van der Waals surface area contributed by atoms with Crippen molar-refractivity contribution in [1.82, 2.24) is 5.32 Å². The van der Waals surface area contributed by atoms with Gasteiger partial charge in [-0.25, -0.2) is 9.59 Å². The number of aryl methyl sites for hydroxylation is 1. The van der Waals surface area contributed by atoms with Gasteiger partial charge in [0.2, 0.25) is 0 Å². The molecule has 1 aromatic rings. The summed E-state index contributed by atoms with van der Waals surface area (Å²) in [5, 5.41) is 6.26. The summed E-state index contributed by atoms with van der Waals surface area (Å²) < 4.78 is 11.4. The van der Waals surface area contributed by atoms with Crippen molar-refractivity contribution < 1.29 is 33.5 Å². The predicted octanol–water partition coefficient (Wildman–Crippen LogP) is 6.88. The topological polar surface area (TPSA) is 120 Å². The van der Waals surface area contributed by atoms with E-state index in [-0.39, 0.29) is 35.4 Å². The quantitative estimate of drug-likeness (QED) is 0.131. The number of hydrogen-bond donors (Lipinski definition) is 1. The van der Waals surface area contributed by atoms with Crippen LogP contribution in [-0.2, 0) is 30.3 Å². The SMILES string of the molecule is CCNC(=O)ON=Cc1ccc(CCC[C@]23CC[C@@H]4[C@@H](C=CC5=CC(=O)CC[C@]54C)[C@@H]2CC[C@]3(OC(=O)OCC)C(C)=O)cc1. The third-order valence-corrected chi connectivity index (χ3v) is 11.2. The van der Waals surface area contributed by atoms with Gasteiger partial charge in [-0.2, -0.15) is 0 Å². The highest BCUT2D eigenvalue weighted by atomic mass is 16.7. The third kappa shape index (κ3) is 6.10. The van der Waals surface area contributed by atoms with Gasteiger partial charge in [-0.3, -0.25) is 14.4 Å². The lowest BCUT2D eigenvalue weighted by molar-refractivity contribution is -0.168. The van der Waals surface area contributed by atoms with E-state index in [0.29, 0.717) is 25.3 Å². The number of ether oxygens (including phenoxy) is 2. The molecule has 6 atom stereocenters. The molecule has 2 fully saturated rings. The first-order chi connectivity index (χ1) is 21.6. The first-order valence-corrected chi connectivity index (χ1v) is 16.5. The number of Topliss-reactive ketones (excluding diaryl/α,β-unsaturated/α-hetero) is 1. The standard InChI is InChI=1S/C36H46N2O7/c1-5-37-32(41)45-38-23-26-11-9-25(10-12-26)8-7-18-35-20-16-30-29(14-13-27-22-28(40)15-19-34(27,30)4)31(35)17-21-36(35,24(3)39)44-33(42)43-6-2/h9-14,22-23,29-31H,5-8,15-21H2,1-4H3,(H,37,41)/t29-,30-,31+,34-,35+,36+/m1/s1. The maximum absolute atomic E-state index is 13.6. The lowest BCUT2D eigenvalue weighted by atomic mass is 9.46. The van der Waals surface area contributed by atoms with Crippen molar-refractivity contribution in [2.75, 3.05) is 13.2 Å². The second-order valence-electron chi connectivity index (χ2n) is 13.3. The fourth-order valence-corrected chi connectivity index (χ4v) is 9.06. The van der Waals surface area contributed by atoms with Crippen LogP contribution in [-0.4, -0.2) is 48.8 Å². The van der Waals surface area contributed by atoms with Crippen LogP contribution in [0.1, 0.15) is 90.2 Å². The van der Waals surface area contributed by atoms with Crippen LogP contribution >= 0.6 is 0 Å². The van der Waals surface area contributed by atoms with Gasteiger partial charge < -0.3 is 14.8 Å². The molecule has 0 bridgehead atoms. The summed E-state index contributed by atoms with van der Waals surface area (Å²) in [5.41, 5.74) is 1.27. The minimum absolute atomic E-state index is 0.0706. The monoisotopic (exact) mass is 618 g/mol. The van der Waals surface area contributed by atoms with Crippen LogP contribution < -0.4 is 5.32 Å². The minimum Gasteiger partial charge on any atom is -0.435 e. The highest BCUT2D eigenvalue weighted by Crippen LogP contribution is 2.68. The molecule has 0 heterocycles. The van der Waals surface area contributed by atoms with Crippen LogP contribution in [0.15, 0.2) is 53.2 Å². The Labute approximate surface area is 265 Å². The van der Waals surface area contributed by atoms with Gasteiger partial charge in [0.05, 0.1) is 12.8 Å². The molecule has 1 amide bonds. The Morgan fingerprint density at radius 1 is 1.07 bits per heavy atom. The van der Waals surface area contributed by atoms with Crippen LogP contribution in [0.5, 0.6) is 0 Å². The molecule has 242 valence electrons. The molecule has 1 aromatic carbocycles. The highest BCUT2D eigenvalue weighted by molar-refractivity contribution is 5.92. The van der Waals surface area contributed by atoms with Crippen molar-refractivity contribution in [2.24, 2.45) is 33.7 Å². The van der Waals surface area contributed by atoms with Gasteiger partial charge in [0.25, 0.3) is 0 Å². The Hall–Kier alpha value is -3.75. The van der Waals surface area contributed by atoms with Crippen LogP contribution in [0.4, 0.5) is 9.59 Å². The molecule has 4 aliphatic carbocycles. The zero-order valence-corrected chi connectivity index (χ0v) is 26.9. The molecule has 2 saturated carbocycles. The maximum Gasteiger partial charge on any atom is 0.509 e. The Morgan fingerprint density at radius 3 is 2.53 bits per heavy atom. The number of carbonyl (C=O) groups is 4. The van der Waals surface area contributed by atoms with Gasteiger partial charge in [-0.1, -0.05) is 48.5 Å². The smallest absolute Gasteiger partial charge is 0.435 e. The number of nitrogens with one attached hydrogen (secondary N) is 1. The number of benzene rings is 1. The van der Waals surface area contributed by atoms with Crippen molar-refractivity contribution in [3.63, 3.8) is 0 Å². The van der Waals surface area contributed by atoms with E-state index in [2.05, 4.69) is 29.5 Å². The van der Waals surface area contributed by atoms with Crippen molar-refractivity contribution in [2.45, 2.75) is 91.1 Å². The van der Waals surface area contributed by atoms with E-state index in [9.17, 15) is 19.2 Å². The Balaban J connectivity index is 1.38. The van der Waals surface area contributed by atoms with Gasteiger partial charge in [0.15, 0.2) is 17.2 Å². The van der Waals surface area contributed by atoms with Crippen molar-refractivity contribution in [3.05, 3.63) is 59.2 Å². The number of carbonyl (C=O) groups excluding carboxylic acids is 4. The minimum atomic E-state index is -1.23. The molecule has 9 heteroatoms. The van der Waals surface area contributed by atoms with Crippen LogP contribution in [0.25, 0.3) is 0 Å². The summed E-state index contributed by atoms with van der Waals surface area (Å²) in [6, 6.07) is 7.92. The molecule has 0 radical (unpaired) electrons. The molecule has 0 aromatic heterocycles. The number of nitrogens with zero attached hydrogens (tertiary/aromatic N) is 1. The van der Waals surface area contributed by atoms with Gasteiger partial charge in [-0.05, 0) is 118 Å². The van der Waals surface area contributed by atoms with Crippen molar-refractivity contribution in [1.29, 1.82) is 0 Å². The number of allylic oxidation sites excluding steroid dienone is 4. The predicted molar refractivity (Wildman–Crippen MR) is 170 cm³/mol. The van der Waals surface area contributed by atoms with Crippen LogP contribution in [0, 0.1) is 28.6 Å². The molecule has 0 aliphatic heterocycles. The molecule has 0 unspecified atom stereocenters. The van der Waals surface area contributed by atoms with E-state index in [0.717, 1.165) is 61.6 Å². The number of fused-ring (bicyclic) bond motifs is 5. The van der Waals surface area contributed by atoms with Crippen LogP contribution in [0.3, 0.4) is 0 Å². The molecule has 9 nitrogen and oxygen atoms in total. The Morgan fingerprint density at radius 2 is 1.82 bits per heavy atom. The van der Waals surface area contributed by atoms with E-state index < -0.39 is 23.3 Å². The Kier molecular flexibility index (Phi) is 9.65. The average molecular weight is 619 g/mol. The van der Waals surface area contributed by atoms with Gasteiger partial charge in [-0.15, -0.1) is 0 Å². The van der Waals surface area contributed by atoms with Crippen LogP contribution in [0.2, 0.25) is 0 Å². The third-order valence-electron chi connectivity index (χ3n) is 11.2. The van der Waals surface area contributed by atoms with E-state index in [1.54, 1.807) is 20.8 Å². The van der Waals surface area contributed by atoms with Crippen molar-refractivity contribution >= 4 is 30.0 Å². The first-order valence-electron chi connectivity index (χ1n) is 16.5. The zero-order valence-electron chi connectivity index (χ0n) is 26.9. The highest BCUT2D eigenvalue weighted by Gasteiger charge is 2.69. The molecular formula is C36H46N2O7. The maximum atomic E-state index is 13.6.